The van der Waals surface area contributed by atoms with Crippen LogP contribution in [0.2, 0.25) is 5.02 Å². The Labute approximate surface area is 145 Å². The topological polar surface area (TPSA) is 70.6 Å². The van der Waals surface area contributed by atoms with E-state index in [1.54, 1.807) is 41.6 Å². The van der Waals surface area contributed by atoms with Crippen LogP contribution in [0.5, 0.6) is 0 Å². The third-order valence-electron chi connectivity index (χ3n) is 3.90. The highest BCUT2D eigenvalue weighted by atomic mass is 35.5. The van der Waals surface area contributed by atoms with Gasteiger partial charge in [0.1, 0.15) is 0 Å². The van der Waals surface area contributed by atoms with Gasteiger partial charge in [0.05, 0.1) is 4.90 Å². The van der Waals surface area contributed by atoms with E-state index in [1.165, 1.54) is 16.4 Å². The molecular weight excluding hydrogens is 350 g/mol. The Morgan fingerprint density at radius 3 is 2.12 bits per heavy atom. The zero-order valence-corrected chi connectivity index (χ0v) is 14.4. The summed E-state index contributed by atoms with van der Waals surface area (Å²) in [7, 11) is -3.57. The Hall–Kier alpha value is -1.96. The molecule has 1 amide bonds. The number of carbonyl (C=O) groups excluding carboxylic acids is 1. The minimum absolute atomic E-state index is 0.110. The van der Waals surface area contributed by atoms with E-state index >= 15 is 0 Å². The first-order valence-electron chi connectivity index (χ1n) is 7.43. The summed E-state index contributed by atoms with van der Waals surface area (Å²) >= 11 is 5.80. The van der Waals surface area contributed by atoms with Crippen molar-refractivity contribution in [3.05, 3.63) is 59.4 Å². The summed E-state index contributed by atoms with van der Waals surface area (Å²) in [6.07, 6.45) is 3.13. The minimum Gasteiger partial charge on any atom is -0.336 e. The summed E-state index contributed by atoms with van der Waals surface area (Å²) in [6, 6.07) is 9.39. The summed E-state index contributed by atoms with van der Waals surface area (Å²) in [5, 5.41) is 0.488. The van der Waals surface area contributed by atoms with Crippen molar-refractivity contribution in [2.45, 2.75) is 4.90 Å². The second kappa shape index (κ2) is 6.88. The van der Waals surface area contributed by atoms with Gasteiger partial charge < -0.3 is 4.90 Å². The van der Waals surface area contributed by atoms with Crippen LogP contribution in [-0.2, 0) is 10.0 Å². The number of rotatable bonds is 3. The lowest BCUT2D eigenvalue weighted by atomic mass is 10.2. The predicted octanol–water partition coefficient (Wildman–Crippen LogP) is 1.88. The van der Waals surface area contributed by atoms with Gasteiger partial charge in [0.2, 0.25) is 10.0 Å². The normalized spacial score (nSPS) is 16.1. The molecule has 0 spiro atoms. The van der Waals surface area contributed by atoms with E-state index in [0.717, 1.165) is 0 Å². The van der Waals surface area contributed by atoms with Gasteiger partial charge in [0, 0.05) is 49.2 Å². The monoisotopic (exact) mass is 365 g/mol. The molecule has 0 bridgehead atoms. The van der Waals surface area contributed by atoms with Crippen LogP contribution in [0, 0.1) is 0 Å². The van der Waals surface area contributed by atoms with Gasteiger partial charge >= 0.3 is 0 Å². The SMILES string of the molecule is O=C(c1ccncc1)N1CCN(S(=O)(=O)c2ccc(Cl)cc2)CC1. The number of hydrogen-bond acceptors (Lipinski definition) is 4. The van der Waals surface area contributed by atoms with Gasteiger partial charge in [-0.25, -0.2) is 8.42 Å². The molecule has 0 atom stereocenters. The van der Waals surface area contributed by atoms with Gasteiger partial charge in [-0.1, -0.05) is 11.6 Å². The maximum Gasteiger partial charge on any atom is 0.254 e. The number of aromatic nitrogens is 1. The van der Waals surface area contributed by atoms with Crippen molar-refractivity contribution in [3.63, 3.8) is 0 Å². The molecule has 1 aromatic heterocycles. The molecule has 0 aliphatic carbocycles. The Bertz CT molecular complexity index is 817. The Kier molecular flexibility index (Phi) is 4.84. The highest BCUT2D eigenvalue weighted by molar-refractivity contribution is 7.89. The molecule has 0 saturated carbocycles. The number of halogens is 1. The lowest BCUT2D eigenvalue weighted by Gasteiger charge is -2.34. The highest BCUT2D eigenvalue weighted by Gasteiger charge is 2.30. The van der Waals surface area contributed by atoms with E-state index in [9.17, 15) is 13.2 Å². The first-order valence-corrected chi connectivity index (χ1v) is 9.25. The van der Waals surface area contributed by atoms with E-state index < -0.39 is 10.0 Å². The van der Waals surface area contributed by atoms with Crippen LogP contribution in [0.25, 0.3) is 0 Å². The summed E-state index contributed by atoms with van der Waals surface area (Å²) < 4.78 is 26.6. The van der Waals surface area contributed by atoms with Crippen LogP contribution < -0.4 is 0 Å². The molecule has 0 N–H and O–H groups in total. The fraction of sp³-hybridized carbons (Fsp3) is 0.250. The molecule has 3 rings (SSSR count). The zero-order valence-electron chi connectivity index (χ0n) is 12.8. The van der Waals surface area contributed by atoms with E-state index in [0.29, 0.717) is 23.7 Å². The Morgan fingerprint density at radius 2 is 1.54 bits per heavy atom. The number of pyridine rings is 1. The molecule has 1 aliphatic rings. The van der Waals surface area contributed by atoms with Crippen LogP contribution in [0.4, 0.5) is 0 Å². The molecular formula is C16H16ClN3O3S. The van der Waals surface area contributed by atoms with Crippen LogP contribution >= 0.6 is 11.6 Å². The summed E-state index contributed by atoms with van der Waals surface area (Å²) in [5.41, 5.74) is 0.555. The number of sulfonamides is 1. The number of nitrogens with zero attached hydrogens (tertiary/aromatic N) is 3. The molecule has 0 radical (unpaired) electrons. The summed E-state index contributed by atoms with van der Waals surface area (Å²) in [6.45, 7) is 1.24. The quantitative estimate of drug-likeness (QED) is 0.832. The summed E-state index contributed by atoms with van der Waals surface area (Å²) in [4.78, 5) is 18.1. The van der Waals surface area contributed by atoms with Crippen molar-refractivity contribution < 1.29 is 13.2 Å². The average molecular weight is 366 g/mol. The lowest BCUT2D eigenvalue weighted by molar-refractivity contribution is 0.0698. The van der Waals surface area contributed by atoms with Gasteiger partial charge in [-0.2, -0.15) is 4.31 Å². The average Bonchev–Trinajstić information content (AvgIpc) is 2.62. The molecule has 2 heterocycles. The zero-order chi connectivity index (χ0) is 17.2. The van der Waals surface area contributed by atoms with E-state index in [1.807, 2.05) is 0 Å². The predicted molar refractivity (Wildman–Crippen MR) is 90.4 cm³/mol. The molecule has 8 heteroatoms. The molecule has 1 aliphatic heterocycles. The molecule has 24 heavy (non-hydrogen) atoms. The van der Waals surface area contributed by atoms with Crippen molar-refractivity contribution in [1.29, 1.82) is 0 Å². The van der Waals surface area contributed by atoms with Crippen LogP contribution in [0.3, 0.4) is 0 Å². The number of hydrogen-bond donors (Lipinski definition) is 0. The van der Waals surface area contributed by atoms with Crippen molar-refractivity contribution in [2.24, 2.45) is 0 Å². The standard InChI is InChI=1S/C16H16ClN3O3S/c17-14-1-3-15(4-2-14)24(22,23)20-11-9-19(10-12-20)16(21)13-5-7-18-8-6-13/h1-8H,9-12H2. The van der Waals surface area contributed by atoms with E-state index in [2.05, 4.69) is 4.98 Å². The van der Waals surface area contributed by atoms with Gasteiger partial charge in [0.15, 0.2) is 0 Å². The third-order valence-corrected chi connectivity index (χ3v) is 6.07. The highest BCUT2D eigenvalue weighted by Crippen LogP contribution is 2.20. The molecule has 0 unspecified atom stereocenters. The van der Waals surface area contributed by atoms with Gasteiger partial charge in [-0.05, 0) is 36.4 Å². The van der Waals surface area contributed by atoms with Crippen molar-refractivity contribution in [2.75, 3.05) is 26.2 Å². The third kappa shape index (κ3) is 3.43. The van der Waals surface area contributed by atoms with Crippen LogP contribution in [-0.4, -0.2) is 54.7 Å². The molecule has 6 nitrogen and oxygen atoms in total. The number of benzene rings is 1. The Balaban J connectivity index is 1.68. The van der Waals surface area contributed by atoms with Crippen molar-refractivity contribution in [3.8, 4) is 0 Å². The second-order valence-electron chi connectivity index (χ2n) is 5.39. The number of carbonyl (C=O) groups is 1. The van der Waals surface area contributed by atoms with Gasteiger partial charge in [-0.3, -0.25) is 9.78 Å². The molecule has 1 saturated heterocycles. The van der Waals surface area contributed by atoms with Crippen LogP contribution in [0.15, 0.2) is 53.7 Å². The van der Waals surface area contributed by atoms with Gasteiger partial charge in [0.25, 0.3) is 5.91 Å². The van der Waals surface area contributed by atoms with Crippen molar-refractivity contribution in [1.82, 2.24) is 14.2 Å². The van der Waals surface area contributed by atoms with Crippen molar-refractivity contribution >= 4 is 27.5 Å². The minimum atomic E-state index is -3.57. The van der Waals surface area contributed by atoms with Crippen LogP contribution in [0.1, 0.15) is 10.4 Å². The molecule has 1 fully saturated rings. The first kappa shape index (κ1) is 16.9. The van der Waals surface area contributed by atoms with E-state index in [4.69, 9.17) is 11.6 Å². The summed E-state index contributed by atoms with van der Waals surface area (Å²) in [5.74, 6) is -0.110. The first-order chi connectivity index (χ1) is 11.5. The number of amides is 1. The smallest absolute Gasteiger partial charge is 0.254 e. The molecule has 2 aromatic rings. The second-order valence-corrected chi connectivity index (χ2v) is 7.76. The van der Waals surface area contributed by atoms with E-state index in [-0.39, 0.29) is 23.9 Å². The maximum absolute atomic E-state index is 12.6. The fourth-order valence-electron chi connectivity index (χ4n) is 2.56. The lowest BCUT2D eigenvalue weighted by Crippen LogP contribution is -2.50. The maximum atomic E-state index is 12.6. The largest absolute Gasteiger partial charge is 0.336 e. The molecule has 1 aromatic carbocycles. The molecule has 126 valence electrons. The Morgan fingerprint density at radius 1 is 0.958 bits per heavy atom. The van der Waals surface area contributed by atoms with Gasteiger partial charge in [-0.15, -0.1) is 0 Å². The fourth-order valence-corrected chi connectivity index (χ4v) is 4.11. The number of piperazine rings is 1.